The lowest BCUT2D eigenvalue weighted by molar-refractivity contribution is -0.122. The first-order valence-electron chi connectivity index (χ1n) is 10.8. The number of piperidine rings is 1. The number of rotatable bonds is 6. The van der Waals surface area contributed by atoms with Crippen LogP contribution in [0, 0.1) is 19.8 Å². The van der Waals surface area contributed by atoms with Crippen molar-refractivity contribution in [2.24, 2.45) is 11.7 Å². The smallest absolute Gasteiger partial charge is 0.228 e. The van der Waals surface area contributed by atoms with Gasteiger partial charge < -0.3 is 16.0 Å². The third kappa shape index (κ3) is 4.64. The molecule has 0 bridgehead atoms. The highest BCUT2D eigenvalue weighted by atomic mass is 16.2. The highest BCUT2D eigenvalue weighted by Crippen LogP contribution is 2.23. The highest BCUT2D eigenvalue weighted by molar-refractivity contribution is 5.92. The van der Waals surface area contributed by atoms with Crippen molar-refractivity contribution < 1.29 is 9.59 Å². The molecule has 1 saturated heterocycles. The molecule has 1 unspecified atom stereocenters. The number of amides is 2. The number of benzene rings is 1. The molecule has 8 nitrogen and oxygen atoms in total. The van der Waals surface area contributed by atoms with E-state index in [1.807, 2.05) is 61.0 Å². The van der Waals surface area contributed by atoms with E-state index in [2.05, 4.69) is 20.3 Å². The molecule has 2 aromatic heterocycles. The minimum atomic E-state index is -0.264. The lowest BCUT2D eigenvalue weighted by Crippen LogP contribution is -2.41. The highest BCUT2D eigenvalue weighted by Gasteiger charge is 2.24. The fourth-order valence-electron chi connectivity index (χ4n) is 4.18. The van der Waals surface area contributed by atoms with E-state index in [-0.39, 0.29) is 24.2 Å². The van der Waals surface area contributed by atoms with Crippen LogP contribution in [0.3, 0.4) is 0 Å². The lowest BCUT2D eigenvalue weighted by atomic mass is 9.97. The number of nitrogens with two attached hydrogens (primary N) is 1. The number of hydrogen-bond acceptors (Lipinski definition) is 5. The van der Waals surface area contributed by atoms with Gasteiger partial charge >= 0.3 is 0 Å². The first kappa shape index (κ1) is 21.5. The Bertz CT molecular complexity index is 1110. The van der Waals surface area contributed by atoms with Crippen molar-refractivity contribution in [1.82, 2.24) is 14.8 Å². The molecule has 1 fully saturated rings. The Hall–Kier alpha value is -3.68. The molecule has 32 heavy (non-hydrogen) atoms. The van der Waals surface area contributed by atoms with Crippen molar-refractivity contribution >= 4 is 23.3 Å². The molecule has 3 heterocycles. The molecule has 0 spiro atoms. The summed E-state index contributed by atoms with van der Waals surface area (Å²) in [6, 6.07) is 13.6. The average Bonchev–Trinajstić information content (AvgIpc) is 3.08. The summed E-state index contributed by atoms with van der Waals surface area (Å²) in [5, 5.41) is 7.53. The van der Waals surface area contributed by atoms with Gasteiger partial charge in [-0.2, -0.15) is 5.10 Å². The SMILES string of the molecule is Cc1nn(-c2ccccc2)c(C)c1CC(=O)Nc1ccc(N2CCCC(C(N)=O)C2)nc1. The molecule has 1 atom stereocenters. The predicted molar refractivity (Wildman–Crippen MR) is 124 cm³/mol. The Balaban J connectivity index is 1.41. The molecule has 1 aliphatic heterocycles. The third-order valence-electron chi connectivity index (χ3n) is 5.96. The van der Waals surface area contributed by atoms with Crippen molar-refractivity contribution in [2.45, 2.75) is 33.1 Å². The third-order valence-corrected chi connectivity index (χ3v) is 5.96. The van der Waals surface area contributed by atoms with E-state index in [1.165, 1.54) is 0 Å². The zero-order valence-corrected chi connectivity index (χ0v) is 18.4. The standard InChI is InChI=1S/C24H28N6O2/c1-16-21(17(2)30(28-16)20-8-4-3-5-9-20)13-23(31)27-19-10-11-22(26-14-19)29-12-6-7-18(15-29)24(25)32/h3-5,8-11,14,18H,6-7,12-13,15H2,1-2H3,(H2,25,32)(H,27,31). The van der Waals surface area contributed by atoms with Crippen molar-refractivity contribution in [1.29, 1.82) is 0 Å². The van der Waals surface area contributed by atoms with Gasteiger partial charge in [-0.25, -0.2) is 9.67 Å². The number of aryl methyl sites for hydroxylation is 1. The fraction of sp³-hybridized carbons (Fsp3) is 0.333. The lowest BCUT2D eigenvalue weighted by Gasteiger charge is -2.32. The maximum absolute atomic E-state index is 12.7. The number of nitrogens with one attached hydrogen (secondary N) is 1. The second-order valence-electron chi connectivity index (χ2n) is 8.21. The Labute approximate surface area is 187 Å². The number of pyridine rings is 1. The Morgan fingerprint density at radius 3 is 2.62 bits per heavy atom. The summed E-state index contributed by atoms with van der Waals surface area (Å²) in [4.78, 5) is 30.7. The van der Waals surface area contributed by atoms with Crippen molar-refractivity contribution in [3.8, 4) is 5.69 Å². The zero-order chi connectivity index (χ0) is 22.7. The van der Waals surface area contributed by atoms with Gasteiger partial charge in [-0.15, -0.1) is 0 Å². The zero-order valence-electron chi connectivity index (χ0n) is 18.4. The minimum absolute atomic E-state index is 0.120. The first-order valence-corrected chi connectivity index (χ1v) is 10.8. The molecule has 3 N–H and O–H groups in total. The summed E-state index contributed by atoms with van der Waals surface area (Å²) in [6.45, 7) is 5.32. The summed E-state index contributed by atoms with van der Waals surface area (Å²) < 4.78 is 1.87. The van der Waals surface area contributed by atoms with Gasteiger partial charge in [0, 0.05) is 24.3 Å². The second kappa shape index (κ2) is 9.21. The van der Waals surface area contributed by atoms with Crippen LogP contribution in [-0.2, 0) is 16.0 Å². The van der Waals surface area contributed by atoms with Crippen LogP contribution >= 0.6 is 0 Å². The number of hydrogen-bond donors (Lipinski definition) is 2. The van der Waals surface area contributed by atoms with E-state index < -0.39 is 0 Å². The number of primary amides is 1. The van der Waals surface area contributed by atoms with Gasteiger partial charge in [0.25, 0.3) is 0 Å². The number of carbonyl (C=O) groups is 2. The monoisotopic (exact) mass is 432 g/mol. The average molecular weight is 433 g/mol. The topological polar surface area (TPSA) is 106 Å². The Morgan fingerprint density at radius 2 is 1.94 bits per heavy atom. The van der Waals surface area contributed by atoms with Crippen LogP contribution in [0.4, 0.5) is 11.5 Å². The van der Waals surface area contributed by atoms with E-state index in [0.29, 0.717) is 12.2 Å². The molecule has 3 aromatic rings. The van der Waals surface area contributed by atoms with Crippen LogP contribution in [0.2, 0.25) is 0 Å². The summed E-state index contributed by atoms with van der Waals surface area (Å²) in [5.41, 5.74) is 9.77. The quantitative estimate of drug-likeness (QED) is 0.623. The predicted octanol–water partition coefficient (Wildman–Crippen LogP) is 2.77. The largest absolute Gasteiger partial charge is 0.369 e. The molecular formula is C24H28N6O2. The Kier molecular flexibility index (Phi) is 6.20. The molecule has 0 saturated carbocycles. The van der Waals surface area contributed by atoms with Crippen molar-refractivity contribution in [3.05, 3.63) is 65.6 Å². The van der Waals surface area contributed by atoms with Gasteiger partial charge in [0.1, 0.15) is 5.82 Å². The van der Waals surface area contributed by atoms with Crippen LogP contribution < -0.4 is 16.0 Å². The van der Waals surface area contributed by atoms with E-state index >= 15 is 0 Å². The van der Waals surface area contributed by atoms with Crippen LogP contribution in [0.5, 0.6) is 0 Å². The summed E-state index contributed by atoms with van der Waals surface area (Å²) in [5.74, 6) is 0.253. The molecule has 4 rings (SSSR count). The van der Waals surface area contributed by atoms with Gasteiger partial charge in [0.05, 0.1) is 35.6 Å². The van der Waals surface area contributed by atoms with E-state index in [4.69, 9.17) is 5.73 Å². The fourth-order valence-corrected chi connectivity index (χ4v) is 4.18. The molecule has 8 heteroatoms. The van der Waals surface area contributed by atoms with Gasteiger partial charge in [-0.05, 0) is 51.0 Å². The van der Waals surface area contributed by atoms with Gasteiger partial charge in [-0.1, -0.05) is 18.2 Å². The summed E-state index contributed by atoms with van der Waals surface area (Å²) >= 11 is 0. The maximum atomic E-state index is 12.7. The first-order chi connectivity index (χ1) is 15.4. The van der Waals surface area contributed by atoms with Gasteiger partial charge in [0.2, 0.25) is 11.8 Å². The molecule has 1 aliphatic rings. The number of anilines is 2. The van der Waals surface area contributed by atoms with E-state index in [0.717, 1.165) is 47.8 Å². The molecule has 2 amide bonds. The molecule has 0 radical (unpaired) electrons. The molecule has 1 aromatic carbocycles. The normalized spacial score (nSPS) is 16.1. The summed E-state index contributed by atoms with van der Waals surface area (Å²) in [7, 11) is 0. The van der Waals surface area contributed by atoms with Crippen molar-refractivity contribution in [2.75, 3.05) is 23.3 Å². The number of aromatic nitrogens is 3. The van der Waals surface area contributed by atoms with Gasteiger partial charge in [-0.3, -0.25) is 9.59 Å². The van der Waals surface area contributed by atoms with E-state index in [1.54, 1.807) is 6.20 Å². The van der Waals surface area contributed by atoms with E-state index in [9.17, 15) is 9.59 Å². The van der Waals surface area contributed by atoms with Crippen LogP contribution in [-0.4, -0.2) is 39.7 Å². The number of carbonyl (C=O) groups excluding carboxylic acids is 2. The van der Waals surface area contributed by atoms with Crippen LogP contribution in [0.1, 0.15) is 29.8 Å². The number of nitrogens with zero attached hydrogens (tertiary/aromatic N) is 4. The number of para-hydroxylation sites is 1. The van der Waals surface area contributed by atoms with Crippen LogP contribution in [0.25, 0.3) is 5.69 Å². The Morgan fingerprint density at radius 1 is 1.16 bits per heavy atom. The van der Waals surface area contributed by atoms with Crippen molar-refractivity contribution in [3.63, 3.8) is 0 Å². The molecule has 0 aliphatic carbocycles. The van der Waals surface area contributed by atoms with Gasteiger partial charge in [0.15, 0.2) is 0 Å². The molecule has 166 valence electrons. The molecular weight excluding hydrogens is 404 g/mol. The second-order valence-corrected chi connectivity index (χ2v) is 8.21. The maximum Gasteiger partial charge on any atom is 0.228 e. The minimum Gasteiger partial charge on any atom is -0.369 e. The van der Waals surface area contributed by atoms with Crippen LogP contribution in [0.15, 0.2) is 48.7 Å². The summed E-state index contributed by atoms with van der Waals surface area (Å²) in [6.07, 6.45) is 3.61.